The maximum absolute atomic E-state index is 9.00. The first kappa shape index (κ1) is 12.7. The van der Waals surface area contributed by atoms with Crippen molar-refractivity contribution in [1.29, 1.82) is 5.26 Å². The maximum atomic E-state index is 9.00. The highest BCUT2D eigenvalue weighted by molar-refractivity contribution is 5.80. The molecular weight excluding hydrogens is 220 g/mol. The highest BCUT2D eigenvalue weighted by atomic mass is 14.9. The molecule has 18 heavy (non-hydrogen) atoms. The first-order valence-electron chi connectivity index (χ1n) is 6.49. The summed E-state index contributed by atoms with van der Waals surface area (Å²) in [7, 11) is 0. The molecule has 0 saturated heterocycles. The summed E-state index contributed by atoms with van der Waals surface area (Å²) < 4.78 is 2.28. The minimum absolute atomic E-state index is 0.209. The van der Waals surface area contributed by atoms with E-state index in [0.717, 1.165) is 19.4 Å². The van der Waals surface area contributed by atoms with Crippen LogP contribution in [0.1, 0.15) is 32.3 Å². The number of nitriles is 1. The van der Waals surface area contributed by atoms with Gasteiger partial charge in [0.15, 0.2) is 0 Å². The molecule has 1 heterocycles. The van der Waals surface area contributed by atoms with Gasteiger partial charge in [-0.1, -0.05) is 11.6 Å². The zero-order valence-electron chi connectivity index (χ0n) is 11.4. The van der Waals surface area contributed by atoms with Crippen molar-refractivity contribution < 1.29 is 0 Å². The van der Waals surface area contributed by atoms with Crippen LogP contribution in [0.5, 0.6) is 0 Å². The highest BCUT2D eigenvalue weighted by Crippen LogP contribution is 2.23. The third-order valence-corrected chi connectivity index (χ3v) is 3.43. The fourth-order valence-electron chi connectivity index (χ4n) is 2.26. The van der Waals surface area contributed by atoms with Crippen molar-refractivity contribution >= 4 is 10.9 Å². The molecule has 0 bridgehead atoms. The molecule has 2 rings (SSSR count). The minimum Gasteiger partial charge on any atom is -0.347 e. The van der Waals surface area contributed by atoms with Crippen molar-refractivity contribution in [2.45, 2.75) is 40.2 Å². The van der Waals surface area contributed by atoms with Gasteiger partial charge in [-0.25, -0.2) is 0 Å². The van der Waals surface area contributed by atoms with E-state index in [4.69, 9.17) is 5.26 Å². The predicted molar refractivity (Wildman–Crippen MR) is 75.3 cm³/mol. The Morgan fingerprint density at radius 2 is 2.06 bits per heavy atom. The number of nitrogens with zero attached hydrogens (tertiary/aromatic N) is 2. The topological polar surface area (TPSA) is 28.7 Å². The molecule has 2 nitrogen and oxygen atoms in total. The van der Waals surface area contributed by atoms with Crippen LogP contribution in [0.2, 0.25) is 0 Å². The van der Waals surface area contributed by atoms with Crippen LogP contribution >= 0.6 is 0 Å². The third kappa shape index (κ3) is 2.73. The van der Waals surface area contributed by atoms with Crippen molar-refractivity contribution in [2.75, 3.05) is 0 Å². The van der Waals surface area contributed by atoms with Crippen molar-refractivity contribution in [2.24, 2.45) is 5.41 Å². The lowest BCUT2D eigenvalue weighted by Crippen LogP contribution is -2.09. The fraction of sp³-hybridized carbons (Fsp3) is 0.438. The van der Waals surface area contributed by atoms with Gasteiger partial charge in [-0.2, -0.15) is 5.26 Å². The summed E-state index contributed by atoms with van der Waals surface area (Å²) in [5.41, 5.74) is 2.38. The summed E-state index contributed by atoms with van der Waals surface area (Å²) in [5.74, 6) is 0. The van der Waals surface area contributed by atoms with E-state index in [9.17, 15) is 0 Å². The van der Waals surface area contributed by atoms with Gasteiger partial charge in [0.1, 0.15) is 0 Å². The molecule has 0 aliphatic heterocycles. The van der Waals surface area contributed by atoms with Crippen LogP contribution in [0, 0.1) is 23.7 Å². The Balaban J connectivity index is 2.07. The van der Waals surface area contributed by atoms with E-state index in [1.54, 1.807) is 0 Å². The van der Waals surface area contributed by atoms with Crippen LogP contribution in [-0.4, -0.2) is 4.57 Å². The lowest BCUT2D eigenvalue weighted by Gasteiger charge is -2.15. The summed E-state index contributed by atoms with van der Waals surface area (Å²) in [6.45, 7) is 7.11. The number of hydrogen-bond donors (Lipinski definition) is 0. The standard InChI is InChI=1S/C16H20N2/c1-13-5-6-15-14(11-13)7-10-18(15)9-4-8-16(2,3)12-17/h5-7,10-11H,4,8-9H2,1-3H3. The average molecular weight is 240 g/mol. The first-order valence-corrected chi connectivity index (χ1v) is 6.49. The normalized spacial score (nSPS) is 11.7. The van der Waals surface area contributed by atoms with Gasteiger partial charge in [0.25, 0.3) is 0 Å². The molecule has 0 aliphatic carbocycles. The van der Waals surface area contributed by atoms with Crippen molar-refractivity contribution in [3.63, 3.8) is 0 Å². The number of benzene rings is 1. The molecule has 0 radical (unpaired) electrons. The highest BCUT2D eigenvalue weighted by Gasteiger charge is 2.15. The molecule has 0 unspecified atom stereocenters. The van der Waals surface area contributed by atoms with E-state index < -0.39 is 0 Å². The molecule has 2 heteroatoms. The first-order chi connectivity index (χ1) is 8.52. The fourth-order valence-corrected chi connectivity index (χ4v) is 2.26. The van der Waals surface area contributed by atoms with Crippen molar-refractivity contribution in [3.8, 4) is 6.07 Å². The molecule has 94 valence electrons. The van der Waals surface area contributed by atoms with Gasteiger partial charge in [-0.05, 0) is 57.2 Å². The van der Waals surface area contributed by atoms with Crippen LogP contribution in [0.3, 0.4) is 0 Å². The second-order valence-corrected chi connectivity index (χ2v) is 5.67. The third-order valence-electron chi connectivity index (χ3n) is 3.43. The second kappa shape index (κ2) is 4.86. The second-order valence-electron chi connectivity index (χ2n) is 5.67. The summed E-state index contributed by atoms with van der Waals surface area (Å²) in [4.78, 5) is 0. The molecule has 1 aromatic heterocycles. The number of aromatic nitrogens is 1. The van der Waals surface area contributed by atoms with Crippen LogP contribution in [-0.2, 0) is 6.54 Å². The molecule has 0 fully saturated rings. The Kier molecular flexibility index (Phi) is 3.43. The van der Waals surface area contributed by atoms with Gasteiger partial charge in [-0.15, -0.1) is 0 Å². The maximum Gasteiger partial charge on any atom is 0.0683 e. The average Bonchev–Trinajstić information content (AvgIpc) is 2.71. The Morgan fingerprint density at radius 3 is 2.78 bits per heavy atom. The molecule has 0 spiro atoms. The van der Waals surface area contributed by atoms with E-state index in [1.807, 2.05) is 13.8 Å². The van der Waals surface area contributed by atoms with Crippen LogP contribution in [0.4, 0.5) is 0 Å². The molecule has 1 aromatic carbocycles. The monoisotopic (exact) mass is 240 g/mol. The Labute approximate surface area is 109 Å². The molecular formula is C16H20N2. The zero-order valence-corrected chi connectivity index (χ0v) is 11.4. The van der Waals surface area contributed by atoms with Crippen molar-refractivity contribution in [1.82, 2.24) is 4.57 Å². The lowest BCUT2D eigenvalue weighted by molar-refractivity contribution is 0.418. The van der Waals surface area contributed by atoms with Crippen LogP contribution in [0.15, 0.2) is 30.5 Å². The van der Waals surface area contributed by atoms with Gasteiger partial charge in [0.2, 0.25) is 0 Å². The van der Waals surface area contributed by atoms with Gasteiger partial charge >= 0.3 is 0 Å². The van der Waals surface area contributed by atoms with Gasteiger partial charge in [-0.3, -0.25) is 0 Å². The van der Waals surface area contributed by atoms with E-state index in [2.05, 4.69) is 48.0 Å². The smallest absolute Gasteiger partial charge is 0.0683 e. The SMILES string of the molecule is Cc1ccc2c(ccn2CCCC(C)(C)C#N)c1. The zero-order chi connectivity index (χ0) is 13.2. The summed E-state index contributed by atoms with van der Waals surface area (Å²) in [6, 6.07) is 11.1. The molecule has 0 atom stereocenters. The van der Waals surface area contributed by atoms with E-state index in [0.29, 0.717) is 0 Å². The largest absolute Gasteiger partial charge is 0.347 e. The molecule has 0 amide bonds. The lowest BCUT2D eigenvalue weighted by atomic mass is 9.90. The molecule has 0 aliphatic rings. The number of aryl methyl sites for hydroxylation is 2. The van der Waals surface area contributed by atoms with E-state index >= 15 is 0 Å². The number of rotatable bonds is 4. The van der Waals surface area contributed by atoms with E-state index in [-0.39, 0.29) is 5.41 Å². The quantitative estimate of drug-likeness (QED) is 0.784. The van der Waals surface area contributed by atoms with Crippen LogP contribution in [0.25, 0.3) is 10.9 Å². The van der Waals surface area contributed by atoms with Gasteiger partial charge < -0.3 is 4.57 Å². The predicted octanol–water partition coefficient (Wildman–Crippen LogP) is 4.28. The molecule has 2 aromatic rings. The van der Waals surface area contributed by atoms with Crippen LogP contribution < -0.4 is 0 Å². The van der Waals surface area contributed by atoms with Gasteiger partial charge in [0.05, 0.1) is 11.5 Å². The van der Waals surface area contributed by atoms with Gasteiger partial charge in [0, 0.05) is 18.3 Å². The molecule has 0 saturated carbocycles. The summed E-state index contributed by atoms with van der Waals surface area (Å²) >= 11 is 0. The molecule has 0 N–H and O–H groups in total. The van der Waals surface area contributed by atoms with Crippen molar-refractivity contribution in [3.05, 3.63) is 36.0 Å². The Hall–Kier alpha value is -1.75. The van der Waals surface area contributed by atoms with E-state index in [1.165, 1.54) is 16.5 Å². The summed E-state index contributed by atoms with van der Waals surface area (Å²) in [5, 5.41) is 10.3. The Morgan fingerprint density at radius 1 is 1.28 bits per heavy atom. The summed E-state index contributed by atoms with van der Waals surface area (Å²) in [6.07, 6.45) is 4.12. The number of fused-ring (bicyclic) bond motifs is 1. The Bertz CT molecular complexity index is 585. The number of hydrogen-bond acceptors (Lipinski definition) is 1. The minimum atomic E-state index is -0.209.